The van der Waals surface area contributed by atoms with Gasteiger partial charge in [0.15, 0.2) is 0 Å². The Kier molecular flexibility index (Phi) is 5.16. The molecule has 0 aromatic carbocycles. The molecule has 2 nitrogen and oxygen atoms in total. The Balaban J connectivity index is 3.45. The van der Waals surface area contributed by atoms with Crippen molar-refractivity contribution in [2.45, 2.75) is 38.9 Å². The molecule has 0 aliphatic rings. The molecule has 0 spiro atoms. The van der Waals surface area contributed by atoms with Crippen LogP contribution < -0.4 is 0 Å². The SMILES string of the molecule is C=CC(C)CCC(O)C(C)O. The highest BCUT2D eigenvalue weighted by Gasteiger charge is 2.10. The van der Waals surface area contributed by atoms with Crippen LogP contribution in [0.2, 0.25) is 0 Å². The molecule has 0 aromatic heterocycles. The van der Waals surface area contributed by atoms with Crippen LogP contribution in [0.4, 0.5) is 0 Å². The van der Waals surface area contributed by atoms with Crippen molar-refractivity contribution in [1.82, 2.24) is 0 Å². The molecule has 0 radical (unpaired) electrons. The van der Waals surface area contributed by atoms with Crippen molar-refractivity contribution in [3.8, 4) is 0 Å². The zero-order valence-corrected chi connectivity index (χ0v) is 7.33. The van der Waals surface area contributed by atoms with Crippen LogP contribution in [0, 0.1) is 5.92 Å². The summed E-state index contributed by atoms with van der Waals surface area (Å²) < 4.78 is 0. The van der Waals surface area contributed by atoms with Crippen molar-refractivity contribution >= 4 is 0 Å². The van der Waals surface area contributed by atoms with E-state index in [0.29, 0.717) is 12.3 Å². The Morgan fingerprint density at radius 1 is 1.27 bits per heavy atom. The first-order chi connectivity index (χ1) is 5.07. The van der Waals surface area contributed by atoms with Gasteiger partial charge in [-0.1, -0.05) is 13.0 Å². The van der Waals surface area contributed by atoms with E-state index in [1.54, 1.807) is 6.92 Å². The third-order valence-corrected chi connectivity index (χ3v) is 1.88. The number of aliphatic hydroxyl groups is 2. The zero-order chi connectivity index (χ0) is 8.85. The number of hydrogen-bond acceptors (Lipinski definition) is 2. The molecule has 0 aliphatic carbocycles. The van der Waals surface area contributed by atoms with Gasteiger partial charge in [-0.2, -0.15) is 0 Å². The fourth-order valence-electron chi connectivity index (χ4n) is 0.793. The van der Waals surface area contributed by atoms with Crippen molar-refractivity contribution < 1.29 is 10.2 Å². The maximum absolute atomic E-state index is 9.19. The van der Waals surface area contributed by atoms with Crippen molar-refractivity contribution in [2.24, 2.45) is 5.92 Å². The van der Waals surface area contributed by atoms with Crippen molar-refractivity contribution in [3.63, 3.8) is 0 Å². The predicted molar refractivity (Wildman–Crippen MR) is 46.3 cm³/mol. The number of allylic oxidation sites excluding steroid dienone is 1. The fourth-order valence-corrected chi connectivity index (χ4v) is 0.793. The minimum Gasteiger partial charge on any atom is -0.391 e. The monoisotopic (exact) mass is 158 g/mol. The van der Waals surface area contributed by atoms with Gasteiger partial charge >= 0.3 is 0 Å². The molecular formula is C9H18O2. The molecule has 2 N–H and O–H groups in total. The second-order valence-corrected chi connectivity index (χ2v) is 3.10. The first-order valence-corrected chi connectivity index (χ1v) is 4.06. The van der Waals surface area contributed by atoms with Gasteiger partial charge < -0.3 is 10.2 Å². The highest BCUT2D eigenvalue weighted by molar-refractivity contribution is 4.76. The summed E-state index contributed by atoms with van der Waals surface area (Å²) in [5.74, 6) is 0.420. The molecular weight excluding hydrogens is 140 g/mol. The molecule has 11 heavy (non-hydrogen) atoms. The van der Waals surface area contributed by atoms with E-state index in [2.05, 4.69) is 6.58 Å². The van der Waals surface area contributed by atoms with E-state index in [1.807, 2.05) is 13.0 Å². The third kappa shape index (κ3) is 4.99. The summed E-state index contributed by atoms with van der Waals surface area (Å²) in [4.78, 5) is 0. The van der Waals surface area contributed by atoms with Crippen LogP contribution in [0.1, 0.15) is 26.7 Å². The van der Waals surface area contributed by atoms with Gasteiger partial charge in [-0.25, -0.2) is 0 Å². The van der Waals surface area contributed by atoms with Crippen molar-refractivity contribution in [3.05, 3.63) is 12.7 Å². The van der Waals surface area contributed by atoms with E-state index >= 15 is 0 Å². The summed E-state index contributed by atoms with van der Waals surface area (Å²) in [5, 5.41) is 18.1. The topological polar surface area (TPSA) is 40.5 Å². The molecule has 0 fully saturated rings. The molecule has 0 aromatic rings. The largest absolute Gasteiger partial charge is 0.391 e. The van der Waals surface area contributed by atoms with E-state index in [0.717, 1.165) is 6.42 Å². The van der Waals surface area contributed by atoms with Crippen LogP contribution in [0.5, 0.6) is 0 Å². The van der Waals surface area contributed by atoms with Crippen LogP contribution in [-0.4, -0.2) is 22.4 Å². The summed E-state index contributed by atoms with van der Waals surface area (Å²) in [5.41, 5.74) is 0. The molecule has 0 saturated heterocycles. The lowest BCUT2D eigenvalue weighted by atomic mass is 10.0. The molecule has 0 aliphatic heterocycles. The minimum atomic E-state index is -0.619. The van der Waals surface area contributed by atoms with E-state index in [1.165, 1.54) is 0 Å². The molecule has 3 atom stereocenters. The first kappa shape index (κ1) is 10.7. The molecule has 3 unspecified atom stereocenters. The number of aliphatic hydroxyl groups excluding tert-OH is 2. The van der Waals surface area contributed by atoms with E-state index in [9.17, 15) is 5.11 Å². The van der Waals surface area contributed by atoms with E-state index in [-0.39, 0.29) is 0 Å². The van der Waals surface area contributed by atoms with Crippen LogP contribution in [0.3, 0.4) is 0 Å². The molecule has 0 bridgehead atoms. The highest BCUT2D eigenvalue weighted by atomic mass is 16.3. The zero-order valence-electron chi connectivity index (χ0n) is 7.33. The van der Waals surface area contributed by atoms with Gasteiger partial charge in [-0.15, -0.1) is 6.58 Å². The van der Waals surface area contributed by atoms with Gasteiger partial charge in [0.05, 0.1) is 12.2 Å². The summed E-state index contributed by atoms with van der Waals surface area (Å²) >= 11 is 0. The molecule has 66 valence electrons. The standard InChI is InChI=1S/C9H18O2/c1-4-7(2)5-6-9(11)8(3)10/h4,7-11H,1,5-6H2,2-3H3. The fraction of sp³-hybridized carbons (Fsp3) is 0.778. The first-order valence-electron chi connectivity index (χ1n) is 4.06. The predicted octanol–water partition coefficient (Wildman–Crippen LogP) is 1.33. The molecule has 0 saturated carbocycles. The van der Waals surface area contributed by atoms with Gasteiger partial charge in [0, 0.05) is 0 Å². The summed E-state index contributed by atoms with van der Waals surface area (Å²) in [6.45, 7) is 7.28. The average molecular weight is 158 g/mol. The van der Waals surface area contributed by atoms with Gasteiger partial charge in [-0.3, -0.25) is 0 Å². The Bertz CT molecular complexity index is 110. The lowest BCUT2D eigenvalue weighted by molar-refractivity contribution is 0.0236. The van der Waals surface area contributed by atoms with Gasteiger partial charge in [0.1, 0.15) is 0 Å². The maximum Gasteiger partial charge on any atom is 0.0796 e. The number of hydrogen-bond donors (Lipinski definition) is 2. The summed E-state index contributed by atoms with van der Waals surface area (Å²) in [7, 11) is 0. The van der Waals surface area contributed by atoms with Crippen molar-refractivity contribution in [2.75, 3.05) is 0 Å². The summed E-state index contributed by atoms with van der Waals surface area (Å²) in [6.07, 6.45) is 2.18. The van der Waals surface area contributed by atoms with Gasteiger partial charge in [-0.05, 0) is 25.7 Å². The molecule has 0 rings (SSSR count). The molecule has 2 heteroatoms. The second kappa shape index (κ2) is 5.33. The quantitative estimate of drug-likeness (QED) is 0.593. The van der Waals surface area contributed by atoms with E-state index in [4.69, 9.17) is 5.11 Å². The Hall–Kier alpha value is -0.340. The average Bonchev–Trinajstić information content (AvgIpc) is 1.99. The highest BCUT2D eigenvalue weighted by Crippen LogP contribution is 2.10. The smallest absolute Gasteiger partial charge is 0.0796 e. The van der Waals surface area contributed by atoms with Gasteiger partial charge in [0.25, 0.3) is 0 Å². The lowest BCUT2D eigenvalue weighted by Crippen LogP contribution is -2.22. The third-order valence-electron chi connectivity index (χ3n) is 1.88. The van der Waals surface area contributed by atoms with Gasteiger partial charge in [0.2, 0.25) is 0 Å². The lowest BCUT2D eigenvalue weighted by Gasteiger charge is -2.14. The minimum absolute atomic E-state index is 0.420. The van der Waals surface area contributed by atoms with Crippen LogP contribution in [-0.2, 0) is 0 Å². The Morgan fingerprint density at radius 2 is 1.82 bits per heavy atom. The Labute approximate surface area is 68.6 Å². The molecule has 0 heterocycles. The number of rotatable bonds is 5. The van der Waals surface area contributed by atoms with Crippen LogP contribution >= 0.6 is 0 Å². The normalized spacial score (nSPS) is 18.9. The van der Waals surface area contributed by atoms with E-state index < -0.39 is 12.2 Å². The van der Waals surface area contributed by atoms with Crippen LogP contribution in [0.25, 0.3) is 0 Å². The Morgan fingerprint density at radius 3 is 2.18 bits per heavy atom. The summed E-state index contributed by atoms with van der Waals surface area (Å²) in [6, 6.07) is 0. The second-order valence-electron chi connectivity index (χ2n) is 3.10. The van der Waals surface area contributed by atoms with Crippen LogP contribution in [0.15, 0.2) is 12.7 Å². The maximum atomic E-state index is 9.19. The van der Waals surface area contributed by atoms with Crippen molar-refractivity contribution in [1.29, 1.82) is 0 Å². The molecule has 0 amide bonds.